The van der Waals surface area contributed by atoms with Gasteiger partial charge in [-0.1, -0.05) is 48.0 Å². The Morgan fingerprint density at radius 1 is 0.974 bits per heavy atom. The monoisotopic (exact) mass is 547 g/mol. The summed E-state index contributed by atoms with van der Waals surface area (Å²) in [5, 5.41) is 5.94. The quantitative estimate of drug-likeness (QED) is 0.408. The molecule has 1 atom stereocenters. The SMILES string of the molecule is CN(C)Cc1ccccc1-c1ccc(C(=O)N[C@H](CC(=O)Nc2ccc(Cl)cn2)C(=O)N2CCCCC2)cc1. The molecule has 0 bridgehead atoms. The van der Waals surface area contributed by atoms with E-state index in [4.69, 9.17) is 11.6 Å². The zero-order chi connectivity index (χ0) is 27.8. The fourth-order valence-corrected chi connectivity index (χ4v) is 4.80. The van der Waals surface area contributed by atoms with Crippen LogP contribution in [0, 0.1) is 0 Å². The number of aromatic nitrogens is 1. The Bertz CT molecular complexity index is 1290. The number of carbonyl (C=O) groups excluding carboxylic acids is 3. The summed E-state index contributed by atoms with van der Waals surface area (Å²) in [4.78, 5) is 47.3. The van der Waals surface area contributed by atoms with Crippen molar-refractivity contribution in [3.05, 3.63) is 83.0 Å². The lowest BCUT2D eigenvalue weighted by atomic mass is 9.98. The third kappa shape index (κ3) is 7.88. The van der Waals surface area contributed by atoms with E-state index in [0.717, 1.165) is 36.9 Å². The van der Waals surface area contributed by atoms with Gasteiger partial charge in [0.1, 0.15) is 11.9 Å². The summed E-state index contributed by atoms with van der Waals surface area (Å²) in [5.74, 6) is -0.759. The van der Waals surface area contributed by atoms with Gasteiger partial charge in [0.15, 0.2) is 0 Å². The molecule has 2 N–H and O–H groups in total. The van der Waals surface area contributed by atoms with Crippen molar-refractivity contribution in [2.45, 2.75) is 38.3 Å². The Morgan fingerprint density at radius 2 is 1.69 bits per heavy atom. The Balaban J connectivity index is 1.48. The van der Waals surface area contributed by atoms with Crippen LogP contribution in [0.25, 0.3) is 11.1 Å². The number of nitrogens with zero attached hydrogens (tertiary/aromatic N) is 3. The Hall–Kier alpha value is -3.75. The maximum Gasteiger partial charge on any atom is 0.251 e. The van der Waals surface area contributed by atoms with E-state index in [1.54, 1.807) is 29.2 Å². The number of nitrogens with one attached hydrogen (secondary N) is 2. The maximum absolute atomic E-state index is 13.4. The molecular formula is C30H34ClN5O3. The van der Waals surface area contributed by atoms with E-state index >= 15 is 0 Å². The lowest BCUT2D eigenvalue weighted by Gasteiger charge is -2.30. The maximum atomic E-state index is 13.4. The van der Waals surface area contributed by atoms with Gasteiger partial charge in [-0.05, 0) is 74.3 Å². The zero-order valence-electron chi connectivity index (χ0n) is 22.3. The molecule has 204 valence electrons. The minimum absolute atomic E-state index is 0.207. The van der Waals surface area contributed by atoms with Crippen LogP contribution in [0.4, 0.5) is 5.82 Å². The third-order valence-corrected chi connectivity index (χ3v) is 6.84. The van der Waals surface area contributed by atoms with Crippen molar-refractivity contribution >= 4 is 35.1 Å². The van der Waals surface area contributed by atoms with Crippen LogP contribution in [0.3, 0.4) is 0 Å². The van der Waals surface area contributed by atoms with Gasteiger partial charge in [0.05, 0.1) is 11.4 Å². The molecule has 0 aliphatic carbocycles. The van der Waals surface area contributed by atoms with Crippen LogP contribution in [0.1, 0.15) is 41.6 Å². The minimum atomic E-state index is -0.997. The van der Waals surface area contributed by atoms with Gasteiger partial charge in [-0.2, -0.15) is 0 Å². The van der Waals surface area contributed by atoms with Crippen molar-refractivity contribution in [1.82, 2.24) is 20.1 Å². The summed E-state index contributed by atoms with van der Waals surface area (Å²) < 4.78 is 0. The molecule has 9 heteroatoms. The number of anilines is 1. The topological polar surface area (TPSA) is 94.6 Å². The smallest absolute Gasteiger partial charge is 0.251 e. The molecule has 3 aromatic rings. The van der Waals surface area contributed by atoms with Crippen molar-refractivity contribution < 1.29 is 14.4 Å². The van der Waals surface area contributed by atoms with Crippen molar-refractivity contribution in [2.75, 3.05) is 32.5 Å². The minimum Gasteiger partial charge on any atom is -0.341 e. The number of amides is 3. The molecule has 0 unspecified atom stereocenters. The average Bonchev–Trinajstić information content (AvgIpc) is 2.94. The van der Waals surface area contributed by atoms with Crippen LogP contribution in [0.5, 0.6) is 0 Å². The first-order valence-electron chi connectivity index (χ1n) is 13.1. The Morgan fingerprint density at radius 3 is 2.36 bits per heavy atom. The second kappa shape index (κ2) is 13.4. The molecule has 0 saturated carbocycles. The summed E-state index contributed by atoms with van der Waals surface area (Å²) in [6.45, 7) is 2.03. The summed E-state index contributed by atoms with van der Waals surface area (Å²) in [5.41, 5.74) is 3.71. The van der Waals surface area contributed by atoms with Gasteiger partial charge in [-0.15, -0.1) is 0 Å². The highest BCUT2D eigenvalue weighted by Crippen LogP contribution is 2.25. The van der Waals surface area contributed by atoms with Crippen molar-refractivity contribution in [3.63, 3.8) is 0 Å². The van der Waals surface area contributed by atoms with E-state index in [2.05, 4.69) is 32.7 Å². The van der Waals surface area contributed by atoms with Gasteiger partial charge >= 0.3 is 0 Å². The molecule has 2 heterocycles. The highest BCUT2D eigenvalue weighted by Gasteiger charge is 2.29. The molecule has 0 radical (unpaired) electrons. The predicted octanol–water partition coefficient (Wildman–Crippen LogP) is 4.60. The number of hydrogen-bond donors (Lipinski definition) is 2. The Kier molecular flexibility index (Phi) is 9.68. The first kappa shape index (κ1) is 28.3. The molecule has 1 aliphatic rings. The van der Waals surface area contributed by atoms with E-state index in [-0.39, 0.29) is 12.3 Å². The lowest BCUT2D eigenvalue weighted by molar-refractivity contribution is -0.135. The number of hydrogen-bond acceptors (Lipinski definition) is 5. The van der Waals surface area contributed by atoms with Gasteiger partial charge in [-0.25, -0.2) is 4.98 Å². The summed E-state index contributed by atoms with van der Waals surface area (Å²) in [7, 11) is 4.05. The summed E-state index contributed by atoms with van der Waals surface area (Å²) in [6.07, 6.45) is 4.10. The van der Waals surface area contributed by atoms with Crippen LogP contribution < -0.4 is 10.6 Å². The molecule has 0 spiro atoms. The van der Waals surface area contributed by atoms with Crippen molar-refractivity contribution in [3.8, 4) is 11.1 Å². The number of carbonyl (C=O) groups is 3. The fraction of sp³-hybridized carbons (Fsp3) is 0.333. The number of halogens is 1. The van der Waals surface area contributed by atoms with Crippen LogP contribution in [0.2, 0.25) is 5.02 Å². The highest BCUT2D eigenvalue weighted by molar-refractivity contribution is 6.30. The molecule has 2 aromatic carbocycles. The number of rotatable bonds is 9. The number of piperidine rings is 1. The molecule has 4 rings (SSSR count). The van der Waals surface area contributed by atoms with Crippen LogP contribution in [-0.2, 0) is 16.1 Å². The second-order valence-electron chi connectivity index (χ2n) is 10.00. The third-order valence-electron chi connectivity index (χ3n) is 6.62. The van der Waals surface area contributed by atoms with Gasteiger partial charge in [0.2, 0.25) is 11.8 Å². The van der Waals surface area contributed by atoms with Crippen LogP contribution in [-0.4, -0.2) is 65.7 Å². The predicted molar refractivity (Wildman–Crippen MR) is 153 cm³/mol. The molecular weight excluding hydrogens is 514 g/mol. The number of benzene rings is 2. The van der Waals surface area contributed by atoms with Crippen LogP contribution >= 0.6 is 11.6 Å². The molecule has 3 amide bonds. The van der Waals surface area contributed by atoms with Gasteiger partial charge in [0.25, 0.3) is 5.91 Å². The molecule has 1 aliphatic heterocycles. The van der Waals surface area contributed by atoms with E-state index in [0.29, 0.717) is 29.5 Å². The summed E-state index contributed by atoms with van der Waals surface area (Å²) >= 11 is 5.87. The lowest BCUT2D eigenvalue weighted by Crippen LogP contribution is -2.51. The van der Waals surface area contributed by atoms with Gasteiger partial charge in [-0.3, -0.25) is 14.4 Å². The standard InChI is InChI=1S/C30H34ClN5O3/c1-35(2)20-23-8-4-5-9-25(23)21-10-12-22(13-11-21)29(38)33-26(30(39)36-16-6-3-7-17-36)18-28(37)34-27-15-14-24(31)19-32-27/h4-5,8-15,19,26H,3,6-7,16-18,20H2,1-2H3,(H,33,38)(H,32,34,37)/t26-/m1/s1. The van der Waals surface area contributed by atoms with E-state index in [1.807, 2.05) is 38.4 Å². The van der Waals surface area contributed by atoms with Gasteiger partial charge in [0, 0.05) is 31.4 Å². The molecule has 8 nitrogen and oxygen atoms in total. The molecule has 1 saturated heterocycles. The first-order valence-corrected chi connectivity index (χ1v) is 13.5. The van der Waals surface area contributed by atoms with E-state index in [9.17, 15) is 14.4 Å². The van der Waals surface area contributed by atoms with Gasteiger partial charge < -0.3 is 20.4 Å². The average molecular weight is 548 g/mol. The molecule has 1 fully saturated rings. The second-order valence-corrected chi connectivity index (χ2v) is 10.4. The zero-order valence-corrected chi connectivity index (χ0v) is 23.1. The van der Waals surface area contributed by atoms with E-state index < -0.39 is 17.9 Å². The van der Waals surface area contributed by atoms with Crippen molar-refractivity contribution in [2.24, 2.45) is 0 Å². The van der Waals surface area contributed by atoms with Crippen molar-refractivity contribution in [1.29, 1.82) is 0 Å². The fourth-order valence-electron chi connectivity index (χ4n) is 4.69. The summed E-state index contributed by atoms with van der Waals surface area (Å²) in [6, 6.07) is 17.7. The number of pyridine rings is 1. The first-order chi connectivity index (χ1) is 18.8. The highest BCUT2D eigenvalue weighted by atomic mass is 35.5. The normalized spacial score (nSPS) is 14.1. The molecule has 1 aromatic heterocycles. The van der Waals surface area contributed by atoms with E-state index in [1.165, 1.54) is 11.8 Å². The Labute approximate surface area is 234 Å². The largest absolute Gasteiger partial charge is 0.341 e. The number of likely N-dealkylation sites (tertiary alicyclic amines) is 1. The molecule has 39 heavy (non-hydrogen) atoms. The van der Waals surface area contributed by atoms with Crippen LogP contribution in [0.15, 0.2) is 66.9 Å².